The first-order valence-electron chi connectivity index (χ1n) is 6.85. The van der Waals surface area contributed by atoms with Crippen LogP contribution in [-0.2, 0) is 4.79 Å². The van der Waals surface area contributed by atoms with Gasteiger partial charge in [-0.05, 0) is 30.5 Å². The van der Waals surface area contributed by atoms with Crippen molar-refractivity contribution in [3.8, 4) is 0 Å². The van der Waals surface area contributed by atoms with Crippen molar-refractivity contribution in [2.45, 2.75) is 20.3 Å². The van der Waals surface area contributed by atoms with Crippen LogP contribution in [0.3, 0.4) is 0 Å². The molecule has 0 bridgehead atoms. The summed E-state index contributed by atoms with van der Waals surface area (Å²) in [5.74, 6) is -1.27. The van der Waals surface area contributed by atoms with E-state index in [1.165, 1.54) is 0 Å². The highest BCUT2D eigenvalue weighted by Crippen LogP contribution is 2.41. The van der Waals surface area contributed by atoms with Crippen molar-refractivity contribution >= 4 is 33.5 Å². The topological polar surface area (TPSA) is 83.6 Å². The second kappa shape index (κ2) is 5.67. The number of hydrogen-bond acceptors (Lipinski definition) is 3. The summed E-state index contributed by atoms with van der Waals surface area (Å²) in [6.45, 7) is 4.83. The van der Waals surface area contributed by atoms with Gasteiger partial charge in [0.15, 0.2) is 0 Å². The van der Waals surface area contributed by atoms with Crippen LogP contribution < -0.4 is 10.6 Å². The molecule has 0 saturated carbocycles. The van der Waals surface area contributed by atoms with Crippen LogP contribution in [0, 0.1) is 11.3 Å². The van der Waals surface area contributed by atoms with E-state index in [0.717, 1.165) is 4.47 Å². The van der Waals surface area contributed by atoms with Gasteiger partial charge < -0.3 is 15.7 Å². The van der Waals surface area contributed by atoms with E-state index in [1.54, 1.807) is 12.1 Å². The maximum atomic E-state index is 11.7. The SMILES string of the molecule is CC(C)C1(C(=O)O)CCN(c2cc(Br)ccc2C(N)=O)C1. The van der Waals surface area contributed by atoms with Crippen molar-refractivity contribution < 1.29 is 14.7 Å². The largest absolute Gasteiger partial charge is 0.481 e. The van der Waals surface area contributed by atoms with E-state index >= 15 is 0 Å². The molecule has 1 aromatic carbocycles. The Hall–Kier alpha value is -1.56. The number of nitrogens with two attached hydrogens (primary N) is 1. The predicted octanol–water partition coefficient (Wildman–Crippen LogP) is 2.49. The number of carboxylic acid groups (broad SMARTS) is 1. The molecule has 6 heteroatoms. The maximum absolute atomic E-state index is 11.7. The standard InChI is InChI=1S/C15H19BrN2O3/c1-9(2)15(14(20)21)5-6-18(8-15)12-7-10(16)3-4-11(12)13(17)19/h3-4,7,9H,5-6,8H2,1-2H3,(H2,17,19)(H,20,21). The second-order valence-electron chi connectivity index (χ2n) is 5.81. The van der Waals surface area contributed by atoms with Gasteiger partial charge in [0.2, 0.25) is 0 Å². The molecule has 1 atom stereocenters. The lowest BCUT2D eigenvalue weighted by Crippen LogP contribution is -2.39. The van der Waals surface area contributed by atoms with Gasteiger partial charge in [-0.15, -0.1) is 0 Å². The Morgan fingerprint density at radius 1 is 1.43 bits per heavy atom. The maximum Gasteiger partial charge on any atom is 0.311 e. The molecule has 1 heterocycles. The molecule has 0 aromatic heterocycles. The van der Waals surface area contributed by atoms with Crippen molar-refractivity contribution in [3.05, 3.63) is 28.2 Å². The molecule has 5 nitrogen and oxygen atoms in total. The van der Waals surface area contributed by atoms with Crippen molar-refractivity contribution in [3.63, 3.8) is 0 Å². The van der Waals surface area contributed by atoms with Crippen LogP contribution in [0.2, 0.25) is 0 Å². The van der Waals surface area contributed by atoms with Crippen molar-refractivity contribution in [1.29, 1.82) is 0 Å². The first kappa shape index (κ1) is 15.8. The zero-order valence-corrected chi connectivity index (χ0v) is 13.7. The molecule has 1 fully saturated rings. The van der Waals surface area contributed by atoms with Crippen LogP contribution in [0.25, 0.3) is 0 Å². The van der Waals surface area contributed by atoms with Crippen LogP contribution >= 0.6 is 15.9 Å². The fourth-order valence-electron chi connectivity index (χ4n) is 2.91. The van der Waals surface area contributed by atoms with Gasteiger partial charge in [-0.1, -0.05) is 29.8 Å². The number of primary amides is 1. The average Bonchev–Trinajstić information content (AvgIpc) is 2.84. The summed E-state index contributed by atoms with van der Waals surface area (Å²) < 4.78 is 0.833. The quantitative estimate of drug-likeness (QED) is 0.869. The van der Waals surface area contributed by atoms with Crippen LogP contribution in [0.15, 0.2) is 22.7 Å². The van der Waals surface area contributed by atoms with Crippen LogP contribution in [0.5, 0.6) is 0 Å². The molecular formula is C15H19BrN2O3. The number of benzene rings is 1. The monoisotopic (exact) mass is 354 g/mol. The lowest BCUT2D eigenvalue weighted by Gasteiger charge is -2.29. The molecule has 1 saturated heterocycles. The van der Waals surface area contributed by atoms with E-state index in [-0.39, 0.29) is 5.92 Å². The third-order valence-corrected chi connectivity index (χ3v) is 4.89. The number of aliphatic carboxylic acids is 1. The van der Waals surface area contributed by atoms with E-state index < -0.39 is 17.3 Å². The number of carboxylic acids is 1. The number of carbonyl (C=O) groups is 2. The molecule has 2 rings (SSSR count). The second-order valence-corrected chi connectivity index (χ2v) is 6.73. The molecule has 1 aliphatic rings. The Labute approximate surface area is 132 Å². The fourth-order valence-corrected chi connectivity index (χ4v) is 3.26. The number of halogens is 1. The number of carbonyl (C=O) groups excluding carboxylic acids is 1. The minimum atomic E-state index is -0.782. The summed E-state index contributed by atoms with van der Waals surface area (Å²) in [6.07, 6.45) is 0.560. The summed E-state index contributed by atoms with van der Waals surface area (Å²) in [4.78, 5) is 25.2. The minimum absolute atomic E-state index is 0.0178. The molecule has 1 aliphatic heterocycles. The molecule has 1 aromatic rings. The molecular weight excluding hydrogens is 336 g/mol. The molecule has 0 radical (unpaired) electrons. The molecule has 114 valence electrons. The third-order valence-electron chi connectivity index (χ3n) is 4.40. The Balaban J connectivity index is 2.40. The Morgan fingerprint density at radius 2 is 2.10 bits per heavy atom. The molecule has 0 aliphatic carbocycles. The normalized spacial score (nSPS) is 21.8. The first-order valence-corrected chi connectivity index (χ1v) is 7.65. The fraction of sp³-hybridized carbons (Fsp3) is 0.467. The summed E-state index contributed by atoms with van der Waals surface area (Å²) >= 11 is 3.38. The highest BCUT2D eigenvalue weighted by molar-refractivity contribution is 9.10. The number of amides is 1. The van der Waals surface area contributed by atoms with Gasteiger partial charge in [-0.3, -0.25) is 9.59 Å². The predicted molar refractivity (Wildman–Crippen MR) is 84.4 cm³/mol. The summed E-state index contributed by atoms with van der Waals surface area (Å²) in [7, 11) is 0. The third kappa shape index (κ3) is 2.77. The average molecular weight is 355 g/mol. The summed E-state index contributed by atoms with van der Waals surface area (Å²) in [5, 5.41) is 9.60. The van der Waals surface area contributed by atoms with E-state index in [0.29, 0.717) is 30.8 Å². The number of nitrogens with zero attached hydrogens (tertiary/aromatic N) is 1. The van der Waals surface area contributed by atoms with Gasteiger partial charge in [-0.2, -0.15) is 0 Å². The molecule has 0 spiro atoms. The molecule has 1 unspecified atom stereocenters. The number of anilines is 1. The van der Waals surface area contributed by atoms with Gasteiger partial charge in [0.05, 0.1) is 16.7 Å². The number of hydrogen-bond donors (Lipinski definition) is 2. The van der Waals surface area contributed by atoms with Crippen LogP contribution in [0.4, 0.5) is 5.69 Å². The van der Waals surface area contributed by atoms with E-state index in [9.17, 15) is 14.7 Å². The minimum Gasteiger partial charge on any atom is -0.481 e. The Kier molecular flexibility index (Phi) is 4.27. The Morgan fingerprint density at radius 3 is 2.57 bits per heavy atom. The van der Waals surface area contributed by atoms with Crippen LogP contribution in [-0.4, -0.2) is 30.1 Å². The van der Waals surface area contributed by atoms with E-state index in [2.05, 4.69) is 15.9 Å². The zero-order chi connectivity index (χ0) is 15.8. The highest BCUT2D eigenvalue weighted by Gasteiger charge is 2.47. The van der Waals surface area contributed by atoms with Gasteiger partial charge in [0.25, 0.3) is 5.91 Å². The van der Waals surface area contributed by atoms with E-state index in [1.807, 2.05) is 24.8 Å². The van der Waals surface area contributed by atoms with Gasteiger partial charge in [0, 0.05) is 17.6 Å². The zero-order valence-electron chi connectivity index (χ0n) is 12.1. The summed E-state index contributed by atoms with van der Waals surface area (Å²) in [5.41, 5.74) is 5.76. The van der Waals surface area contributed by atoms with Gasteiger partial charge >= 0.3 is 5.97 Å². The molecule has 21 heavy (non-hydrogen) atoms. The van der Waals surface area contributed by atoms with Crippen molar-refractivity contribution in [2.75, 3.05) is 18.0 Å². The number of rotatable bonds is 4. The smallest absolute Gasteiger partial charge is 0.311 e. The molecule has 1 amide bonds. The van der Waals surface area contributed by atoms with Crippen molar-refractivity contribution in [1.82, 2.24) is 0 Å². The van der Waals surface area contributed by atoms with Crippen LogP contribution in [0.1, 0.15) is 30.6 Å². The summed E-state index contributed by atoms with van der Waals surface area (Å²) in [6, 6.07) is 5.24. The van der Waals surface area contributed by atoms with E-state index in [4.69, 9.17) is 5.73 Å². The molecule has 3 N–H and O–H groups in total. The van der Waals surface area contributed by atoms with Gasteiger partial charge in [-0.25, -0.2) is 0 Å². The lowest BCUT2D eigenvalue weighted by atomic mass is 9.76. The van der Waals surface area contributed by atoms with Gasteiger partial charge in [0.1, 0.15) is 0 Å². The highest BCUT2D eigenvalue weighted by atomic mass is 79.9. The van der Waals surface area contributed by atoms with Crippen molar-refractivity contribution in [2.24, 2.45) is 17.1 Å². The Bertz CT molecular complexity index is 588. The lowest BCUT2D eigenvalue weighted by molar-refractivity contribution is -0.150. The first-order chi connectivity index (χ1) is 9.78.